The minimum atomic E-state index is 0.175. The van der Waals surface area contributed by atoms with Crippen molar-refractivity contribution in [3.8, 4) is 0 Å². The van der Waals surface area contributed by atoms with Crippen LogP contribution < -0.4 is 5.32 Å². The molecule has 0 aliphatic heterocycles. The molecule has 1 aromatic heterocycles. The van der Waals surface area contributed by atoms with E-state index < -0.39 is 0 Å². The third-order valence-electron chi connectivity index (χ3n) is 2.45. The zero-order valence-corrected chi connectivity index (χ0v) is 9.98. The summed E-state index contributed by atoms with van der Waals surface area (Å²) in [6.07, 6.45) is 3.23. The zero-order chi connectivity index (χ0) is 11.8. The Morgan fingerprint density at radius 3 is 2.94 bits per heavy atom. The third-order valence-corrected chi connectivity index (χ3v) is 2.45. The van der Waals surface area contributed by atoms with E-state index in [1.807, 2.05) is 12.1 Å². The van der Waals surface area contributed by atoms with Gasteiger partial charge in [0, 0.05) is 32.2 Å². The van der Waals surface area contributed by atoms with Crippen LogP contribution in [0.1, 0.15) is 19.1 Å². The number of rotatable bonds is 8. The molecule has 0 aliphatic carbocycles. The number of hydrogen-bond donors (Lipinski definition) is 2. The number of aliphatic hydroxyl groups is 1. The minimum Gasteiger partial charge on any atom is -0.469 e. The number of ether oxygens (including phenoxy) is 1. The van der Waals surface area contributed by atoms with E-state index in [9.17, 15) is 0 Å². The molecular weight excluding hydrogens is 206 g/mol. The molecule has 4 heteroatoms. The summed E-state index contributed by atoms with van der Waals surface area (Å²) in [5.74, 6) is 0.972. The van der Waals surface area contributed by atoms with Gasteiger partial charge in [-0.1, -0.05) is 0 Å². The van der Waals surface area contributed by atoms with Gasteiger partial charge in [0.15, 0.2) is 0 Å². The Bertz CT molecular complexity index is 255. The summed E-state index contributed by atoms with van der Waals surface area (Å²) in [6.45, 7) is 2.89. The maximum absolute atomic E-state index is 8.92. The molecule has 0 aliphatic rings. The van der Waals surface area contributed by atoms with Crippen molar-refractivity contribution in [1.82, 2.24) is 5.32 Å². The minimum absolute atomic E-state index is 0.175. The lowest BCUT2D eigenvalue weighted by atomic mass is 10.1. The van der Waals surface area contributed by atoms with Crippen LogP contribution in [0.2, 0.25) is 0 Å². The highest BCUT2D eigenvalue weighted by Gasteiger charge is 2.12. The molecule has 0 amide bonds. The maximum atomic E-state index is 8.92. The van der Waals surface area contributed by atoms with Crippen LogP contribution in [0, 0.1) is 0 Å². The molecule has 0 saturated heterocycles. The van der Waals surface area contributed by atoms with Gasteiger partial charge in [0.25, 0.3) is 0 Å². The second-order valence-electron chi connectivity index (χ2n) is 4.02. The van der Waals surface area contributed by atoms with Crippen LogP contribution in [0.25, 0.3) is 0 Å². The van der Waals surface area contributed by atoms with Crippen molar-refractivity contribution in [3.63, 3.8) is 0 Å². The molecule has 1 aromatic rings. The first-order chi connectivity index (χ1) is 7.76. The van der Waals surface area contributed by atoms with E-state index in [2.05, 4.69) is 12.2 Å². The van der Waals surface area contributed by atoms with Crippen LogP contribution in [-0.2, 0) is 11.2 Å². The largest absolute Gasteiger partial charge is 0.469 e. The SMILES string of the molecule is COCC(CCO)NC(C)Cc1ccco1. The lowest BCUT2D eigenvalue weighted by Gasteiger charge is -2.21. The molecule has 16 heavy (non-hydrogen) atoms. The molecule has 0 bridgehead atoms. The first-order valence-electron chi connectivity index (χ1n) is 5.64. The Morgan fingerprint density at radius 1 is 1.56 bits per heavy atom. The summed E-state index contributed by atoms with van der Waals surface area (Å²) in [6, 6.07) is 4.36. The number of furan rings is 1. The molecule has 4 nitrogen and oxygen atoms in total. The highest BCUT2D eigenvalue weighted by atomic mass is 16.5. The predicted molar refractivity (Wildman–Crippen MR) is 62.4 cm³/mol. The van der Waals surface area contributed by atoms with E-state index in [4.69, 9.17) is 14.3 Å². The van der Waals surface area contributed by atoms with Crippen LogP contribution in [0.15, 0.2) is 22.8 Å². The first-order valence-corrected chi connectivity index (χ1v) is 5.64. The quantitative estimate of drug-likeness (QED) is 0.700. The second kappa shape index (κ2) is 7.44. The average Bonchev–Trinajstić information content (AvgIpc) is 2.71. The van der Waals surface area contributed by atoms with Crippen molar-refractivity contribution in [2.45, 2.75) is 31.8 Å². The normalized spacial score (nSPS) is 14.9. The van der Waals surface area contributed by atoms with Gasteiger partial charge in [0.1, 0.15) is 5.76 Å². The van der Waals surface area contributed by atoms with Gasteiger partial charge in [-0.15, -0.1) is 0 Å². The summed E-state index contributed by atoms with van der Waals surface area (Å²) in [5, 5.41) is 12.3. The molecule has 0 aromatic carbocycles. The Labute approximate surface area is 96.6 Å². The van der Waals surface area contributed by atoms with E-state index in [0.717, 1.165) is 12.2 Å². The fourth-order valence-electron chi connectivity index (χ4n) is 1.76. The van der Waals surface area contributed by atoms with Gasteiger partial charge in [-0.05, 0) is 25.5 Å². The van der Waals surface area contributed by atoms with Gasteiger partial charge in [0.2, 0.25) is 0 Å². The van der Waals surface area contributed by atoms with Gasteiger partial charge in [-0.2, -0.15) is 0 Å². The van der Waals surface area contributed by atoms with E-state index in [0.29, 0.717) is 19.1 Å². The van der Waals surface area contributed by atoms with E-state index in [-0.39, 0.29) is 12.6 Å². The van der Waals surface area contributed by atoms with Gasteiger partial charge in [0.05, 0.1) is 12.9 Å². The number of methoxy groups -OCH3 is 1. The first kappa shape index (κ1) is 13.2. The summed E-state index contributed by atoms with van der Waals surface area (Å²) in [5.41, 5.74) is 0. The maximum Gasteiger partial charge on any atom is 0.105 e. The summed E-state index contributed by atoms with van der Waals surface area (Å²) in [7, 11) is 1.67. The van der Waals surface area contributed by atoms with E-state index in [1.165, 1.54) is 0 Å². The predicted octanol–water partition coefficient (Wildman–Crippen LogP) is 1.20. The fraction of sp³-hybridized carbons (Fsp3) is 0.667. The van der Waals surface area contributed by atoms with Crippen molar-refractivity contribution < 1.29 is 14.3 Å². The number of hydrogen-bond acceptors (Lipinski definition) is 4. The molecule has 0 saturated carbocycles. The van der Waals surface area contributed by atoms with Crippen LogP contribution in [0.5, 0.6) is 0 Å². The van der Waals surface area contributed by atoms with Crippen LogP contribution >= 0.6 is 0 Å². The third kappa shape index (κ3) is 4.79. The van der Waals surface area contributed by atoms with Crippen molar-refractivity contribution >= 4 is 0 Å². The number of nitrogens with one attached hydrogen (secondary N) is 1. The van der Waals surface area contributed by atoms with Crippen LogP contribution in [-0.4, -0.2) is 37.5 Å². The smallest absolute Gasteiger partial charge is 0.105 e. The molecule has 0 spiro atoms. The molecular formula is C12H21NO3. The Kier molecular flexibility index (Phi) is 6.15. The molecule has 2 unspecified atom stereocenters. The van der Waals surface area contributed by atoms with Crippen molar-refractivity contribution in [2.75, 3.05) is 20.3 Å². The summed E-state index contributed by atoms with van der Waals surface area (Å²) < 4.78 is 10.4. The van der Waals surface area contributed by atoms with Crippen molar-refractivity contribution in [2.24, 2.45) is 0 Å². The van der Waals surface area contributed by atoms with Crippen molar-refractivity contribution in [3.05, 3.63) is 24.2 Å². The Hall–Kier alpha value is -0.840. The van der Waals surface area contributed by atoms with E-state index >= 15 is 0 Å². The average molecular weight is 227 g/mol. The molecule has 0 fully saturated rings. The topological polar surface area (TPSA) is 54.6 Å². The lowest BCUT2D eigenvalue weighted by molar-refractivity contribution is 0.143. The van der Waals surface area contributed by atoms with Gasteiger partial charge >= 0.3 is 0 Å². The van der Waals surface area contributed by atoms with Crippen LogP contribution in [0.4, 0.5) is 0 Å². The molecule has 2 atom stereocenters. The lowest BCUT2D eigenvalue weighted by Crippen LogP contribution is -2.41. The Balaban J connectivity index is 2.32. The molecule has 1 heterocycles. The summed E-state index contributed by atoms with van der Waals surface area (Å²) >= 11 is 0. The van der Waals surface area contributed by atoms with Crippen LogP contribution in [0.3, 0.4) is 0 Å². The van der Waals surface area contributed by atoms with Gasteiger partial charge in [-0.25, -0.2) is 0 Å². The molecule has 1 rings (SSSR count). The highest BCUT2D eigenvalue weighted by Crippen LogP contribution is 2.05. The Morgan fingerprint density at radius 2 is 2.38 bits per heavy atom. The van der Waals surface area contributed by atoms with Crippen molar-refractivity contribution in [1.29, 1.82) is 0 Å². The fourth-order valence-corrected chi connectivity index (χ4v) is 1.76. The molecule has 92 valence electrons. The number of aliphatic hydroxyl groups excluding tert-OH is 1. The highest BCUT2D eigenvalue weighted by molar-refractivity contribution is 5.00. The molecule has 0 radical (unpaired) electrons. The van der Waals surface area contributed by atoms with E-state index in [1.54, 1.807) is 13.4 Å². The van der Waals surface area contributed by atoms with Gasteiger partial charge in [-0.3, -0.25) is 0 Å². The monoisotopic (exact) mass is 227 g/mol. The van der Waals surface area contributed by atoms with Gasteiger partial charge < -0.3 is 19.6 Å². The summed E-state index contributed by atoms with van der Waals surface area (Å²) in [4.78, 5) is 0. The zero-order valence-electron chi connectivity index (χ0n) is 9.98. The second-order valence-corrected chi connectivity index (χ2v) is 4.02. The standard InChI is InChI=1S/C12H21NO3/c1-10(8-12-4-3-7-16-12)13-11(5-6-14)9-15-2/h3-4,7,10-11,13-14H,5-6,8-9H2,1-2H3. The molecule has 2 N–H and O–H groups in total.